The van der Waals surface area contributed by atoms with Crippen molar-refractivity contribution < 1.29 is 4.39 Å². The lowest BCUT2D eigenvalue weighted by atomic mass is 9.94. The number of hydrogen-bond donors (Lipinski definition) is 2. The number of rotatable bonds is 3. The first-order chi connectivity index (χ1) is 11.5. The zero-order valence-electron chi connectivity index (χ0n) is 13.6. The maximum absolute atomic E-state index is 13.4. The Morgan fingerprint density at radius 1 is 1.04 bits per heavy atom. The van der Waals surface area contributed by atoms with E-state index in [-0.39, 0.29) is 5.82 Å². The number of nitrogen functional groups attached to an aromatic ring is 1. The van der Waals surface area contributed by atoms with Crippen molar-refractivity contribution in [2.75, 3.05) is 5.73 Å². The number of aryl methyl sites for hydroxylation is 2. The molecule has 0 amide bonds. The second-order valence-corrected chi connectivity index (χ2v) is 5.86. The van der Waals surface area contributed by atoms with Gasteiger partial charge in [0.1, 0.15) is 5.82 Å². The van der Waals surface area contributed by atoms with E-state index >= 15 is 0 Å². The summed E-state index contributed by atoms with van der Waals surface area (Å²) in [6.07, 6.45) is 3.04. The Morgan fingerprint density at radius 2 is 1.83 bits per heavy atom. The van der Waals surface area contributed by atoms with Crippen LogP contribution in [0.25, 0.3) is 22.4 Å². The van der Waals surface area contributed by atoms with Gasteiger partial charge in [0.2, 0.25) is 0 Å². The molecule has 0 atom stereocenters. The van der Waals surface area contributed by atoms with Crippen molar-refractivity contribution in [3.63, 3.8) is 0 Å². The summed E-state index contributed by atoms with van der Waals surface area (Å²) in [5, 5.41) is 7.50. The first-order valence-corrected chi connectivity index (χ1v) is 7.63. The zero-order chi connectivity index (χ0) is 17.3. The van der Waals surface area contributed by atoms with E-state index < -0.39 is 0 Å². The molecular weight excluding hydrogens is 301 g/mol. The van der Waals surface area contributed by atoms with Crippen LogP contribution in [0.1, 0.15) is 16.7 Å². The lowest BCUT2D eigenvalue weighted by Crippen LogP contribution is -1.96. The van der Waals surface area contributed by atoms with Gasteiger partial charge in [0.05, 0.1) is 5.69 Å². The lowest BCUT2D eigenvalue weighted by molar-refractivity contribution is 0.627. The van der Waals surface area contributed by atoms with Gasteiger partial charge >= 0.3 is 0 Å². The van der Waals surface area contributed by atoms with Crippen LogP contribution in [0.2, 0.25) is 0 Å². The van der Waals surface area contributed by atoms with E-state index in [1.54, 1.807) is 18.3 Å². The Morgan fingerprint density at radius 3 is 2.54 bits per heavy atom. The summed E-state index contributed by atoms with van der Waals surface area (Å²) in [6.45, 7) is 3.85. The minimum absolute atomic E-state index is 0.261. The highest BCUT2D eigenvalue weighted by molar-refractivity contribution is 5.90. The van der Waals surface area contributed by atoms with E-state index in [0.29, 0.717) is 11.3 Å². The normalized spacial score (nSPS) is 10.6. The molecule has 0 saturated heterocycles. The van der Waals surface area contributed by atoms with Gasteiger partial charge in [-0.2, -0.15) is 0 Å². The van der Waals surface area contributed by atoms with Gasteiger partial charge in [-0.15, -0.1) is 0 Å². The van der Waals surface area contributed by atoms with E-state index in [2.05, 4.69) is 4.98 Å². The Hall–Kier alpha value is -3.01. The number of hydrogen-bond acceptors (Lipinski definition) is 3. The molecule has 0 fully saturated rings. The van der Waals surface area contributed by atoms with Gasteiger partial charge in [-0.1, -0.05) is 6.07 Å². The molecule has 3 N–H and O–H groups in total. The van der Waals surface area contributed by atoms with Gasteiger partial charge < -0.3 is 11.1 Å². The predicted octanol–water partition coefficient (Wildman–Crippen LogP) is 4.75. The van der Waals surface area contributed by atoms with Crippen LogP contribution in [-0.4, -0.2) is 11.2 Å². The predicted molar refractivity (Wildman–Crippen MR) is 96.8 cm³/mol. The minimum atomic E-state index is -0.261. The number of nitrogens with zero attached hydrogens (tertiary/aromatic N) is 1. The number of nitrogens with two attached hydrogens (primary N) is 1. The van der Waals surface area contributed by atoms with E-state index in [1.165, 1.54) is 18.3 Å². The number of nitrogens with one attached hydrogen (secondary N) is 1. The lowest BCUT2D eigenvalue weighted by Gasteiger charge is -2.13. The molecule has 1 aromatic heterocycles. The molecule has 1 heterocycles. The molecule has 3 nitrogen and oxygen atoms in total. The average Bonchev–Trinajstić information content (AvgIpc) is 2.56. The third-order valence-corrected chi connectivity index (χ3v) is 4.02. The topological polar surface area (TPSA) is 62.8 Å². The van der Waals surface area contributed by atoms with Gasteiger partial charge in [0.25, 0.3) is 0 Å². The molecule has 2 aromatic carbocycles. The molecule has 0 radical (unpaired) electrons. The van der Waals surface area contributed by atoms with Crippen molar-refractivity contribution in [2.45, 2.75) is 13.8 Å². The number of aromatic nitrogens is 1. The molecule has 0 aliphatic rings. The molecular formula is C20H18FN3. The summed E-state index contributed by atoms with van der Waals surface area (Å²) in [7, 11) is 0. The summed E-state index contributed by atoms with van der Waals surface area (Å²) in [6, 6.07) is 12.3. The fourth-order valence-corrected chi connectivity index (χ4v) is 2.76. The van der Waals surface area contributed by atoms with Crippen LogP contribution in [0.15, 0.2) is 48.7 Å². The third kappa shape index (κ3) is 2.91. The maximum Gasteiger partial charge on any atom is 0.123 e. The van der Waals surface area contributed by atoms with Crippen molar-refractivity contribution in [3.8, 4) is 22.4 Å². The molecule has 0 spiro atoms. The second kappa shape index (κ2) is 6.24. The van der Waals surface area contributed by atoms with Crippen molar-refractivity contribution in [1.29, 1.82) is 5.41 Å². The molecule has 120 valence electrons. The van der Waals surface area contributed by atoms with Crippen LogP contribution in [0, 0.1) is 25.1 Å². The summed E-state index contributed by atoms with van der Waals surface area (Å²) in [4.78, 5) is 4.58. The largest absolute Gasteiger partial charge is 0.398 e. The molecule has 0 aliphatic heterocycles. The molecule has 3 aromatic rings. The summed E-state index contributed by atoms with van der Waals surface area (Å²) in [5.41, 5.74) is 12.5. The standard InChI is InChI=1S/C20H18FN3/c1-12-7-18(14-3-6-19(23)15(9-14)10-22)20(24-11-12)17-5-4-16(21)8-13(17)2/h3-11,22H,23H2,1-2H3. The minimum Gasteiger partial charge on any atom is -0.398 e. The van der Waals surface area contributed by atoms with Crippen molar-refractivity contribution in [3.05, 3.63) is 71.2 Å². The first-order valence-electron chi connectivity index (χ1n) is 7.63. The number of halogens is 1. The molecule has 4 heteroatoms. The van der Waals surface area contributed by atoms with Gasteiger partial charge in [-0.05, 0) is 66.9 Å². The highest BCUT2D eigenvalue weighted by Crippen LogP contribution is 2.34. The smallest absolute Gasteiger partial charge is 0.123 e. The van der Waals surface area contributed by atoms with Gasteiger partial charge in [-0.3, -0.25) is 4.98 Å². The van der Waals surface area contributed by atoms with E-state index in [1.807, 2.05) is 32.0 Å². The summed E-state index contributed by atoms with van der Waals surface area (Å²) in [5.74, 6) is -0.261. The fraction of sp³-hybridized carbons (Fsp3) is 0.100. The fourth-order valence-electron chi connectivity index (χ4n) is 2.76. The highest BCUT2D eigenvalue weighted by Gasteiger charge is 2.13. The average molecular weight is 319 g/mol. The molecule has 24 heavy (non-hydrogen) atoms. The van der Waals surface area contributed by atoms with Crippen LogP contribution >= 0.6 is 0 Å². The zero-order valence-corrected chi connectivity index (χ0v) is 13.6. The highest BCUT2D eigenvalue weighted by atomic mass is 19.1. The van der Waals surface area contributed by atoms with Gasteiger partial charge in [0, 0.05) is 34.8 Å². The maximum atomic E-state index is 13.4. The summed E-state index contributed by atoms with van der Waals surface area (Å²) >= 11 is 0. The van der Waals surface area contributed by atoms with E-state index in [0.717, 1.165) is 33.5 Å². The van der Waals surface area contributed by atoms with Crippen LogP contribution in [0.3, 0.4) is 0 Å². The second-order valence-electron chi connectivity index (χ2n) is 5.86. The van der Waals surface area contributed by atoms with Crippen molar-refractivity contribution in [2.24, 2.45) is 0 Å². The van der Waals surface area contributed by atoms with E-state index in [4.69, 9.17) is 11.1 Å². The quantitative estimate of drug-likeness (QED) is 0.540. The third-order valence-electron chi connectivity index (χ3n) is 4.02. The first kappa shape index (κ1) is 15.9. The molecule has 0 bridgehead atoms. The SMILES string of the molecule is Cc1cnc(-c2ccc(F)cc2C)c(-c2ccc(N)c(C=N)c2)c1. The molecule has 0 unspecified atom stereocenters. The summed E-state index contributed by atoms with van der Waals surface area (Å²) < 4.78 is 13.4. The van der Waals surface area contributed by atoms with Crippen LogP contribution in [-0.2, 0) is 0 Å². The van der Waals surface area contributed by atoms with Crippen LogP contribution in [0.4, 0.5) is 10.1 Å². The molecule has 0 saturated carbocycles. The monoisotopic (exact) mass is 319 g/mol. The Labute approximate surface area is 140 Å². The van der Waals surface area contributed by atoms with Crippen LogP contribution < -0.4 is 5.73 Å². The number of benzene rings is 2. The van der Waals surface area contributed by atoms with Gasteiger partial charge in [0.15, 0.2) is 0 Å². The van der Waals surface area contributed by atoms with Gasteiger partial charge in [-0.25, -0.2) is 4.39 Å². The molecule has 3 rings (SSSR count). The Kier molecular flexibility index (Phi) is 4.13. The number of pyridine rings is 1. The van der Waals surface area contributed by atoms with Crippen LogP contribution in [0.5, 0.6) is 0 Å². The van der Waals surface area contributed by atoms with Crippen molar-refractivity contribution in [1.82, 2.24) is 4.98 Å². The molecule has 0 aliphatic carbocycles. The van der Waals surface area contributed by atoms with E-state index in [9.17, 15) is 4.39 Å². The number of anilines is 1. The van der Waals surface area contributed by atoms with Crippen molar-refractivity contribution >= 4 is 11.9 Å². The Balaban J connectivity index is 2.25. The Bertz CT molecular complexity index is 932.